The second-order valence-corrected chi connectivity index (χ2v) is 6.80. The van der Waals surface area contributed by atoms with Gasteiger partial charge in [-0.05, 0) is 24.6 Å². The zero-order valence-electron chi connectivity index (χ0n) is 9.99. The van der Waals surface area contributed by atoms with Gasteiger partial charge in [0.25, 0.3) is 0 Å². The third-order valence-electron chi connectivity index (χ3n) is 2.51. The minimum atomic E-state index is -3.14. The Morgan fingerprint density at radius 2 is 1.94 bits per heavy atom. The lowest BCUT2D eigenvalue weighted by molar-refractivity contribution is 0.602. The SMILES string of the molecule is CC(Nc1nncs1)c1ccc(S(C)(=O)=O)cc1. The van der Waals surface area contributed by atoms with Crippen molar-refractivity contribution in [1.82, 2.24) is 10.2 Å². The molecule has 0 aliphatic rings. The van der Waals surface area contributed by atoms with Crippen LogP contribution >= 0.6 is 11.3 Å². The van der Waals surface area contributed by atoms with Crippen LogP contribution in [0.4, 0.5) is 5.13 Å². The molecular weight excluding hydrogens is 270 g/mol. The summed E-state index contributed by atoms with van der Waals surface area (Å²) in [6.07, 6.45) is 1.20. The van der Waals surface area contributed by atoms with Crippen molar-refractivity contribution < 1.29 is 8.42 Å². The maximum Gasteiger partial charge on any atom is 0.205 e. The molecule has 0 saturated heterocycles. The summed E-state index contributed by atoms with van der Waals surface area (Å²) in [5.41, 5.74) is 2.65. The van der Waals surface area contributed by atoms with Gasteiger partial charge in [-0.2, -0.15) is 0 Å². The number of hydrogen-bond acceptors (Lipinski definition) is 6. The van der Waals surface area contributed by atoms with Gasteiger partial charge in [0.2, 0.25) is 5.13 Å². The van der Waals surface area contributed by atoms with Crippen molar-refractivity contribution in [1.29, 1.82) is 0 Å². The van der Waals surface area contributed by atoms with Crippen molar-refractivity contribution in [2.75, 3.05) is 11.6 Å². The van der Waals surface area contributed by atoms with E-state index in [9.17, 15) is 8.42 Å². The van der Waals surface area contributed by atoms with Gasteiger partial charge in [0.1, 0.15) is 5.51 Å². The quantitative estimate of drug-likeness (QED) is 0.930. The number of aromatic nitrogens is 2. The number of anilines is 1. The minimum Gasteiger partial charge on any atom is -0.354 e. The van der Waals surface area contributed by atoms with Crippen LogP contribution in [0.5, 0.6) is 0 Å². The monoisotopic (exact) mass is 283 g/mol. The first-order valence-corrected chi connectivity index (χ1v) is 8.06. The van der Waals surface area contributed by atoms with Crippen LogP contribution in [0.2, 0.25) is 0 Å². The van der Waals surface area contributed by atoms with Crippen LogP contribution in [0.15, 0.2) is 34.7 Å². The Morgan fingerprint density at radius 1 is 1.28 bits per heavy atom. The molecule has 1 aromatic heterocycles. The zero-order chi connectivity index (χ0) is 13.2. The molecule has 2 aromatic rings. The largest absolute Gasteiger partial charge is 0.354 e. The molecule has 0 amide bonds. The molecule has 1 atom stereocenters. The third kappa shape index (κ3) is 3.05. The van der Waals surface area contributed by atoms with E-state index >= 15 is 0 Å². The lowest BCUT2D eigenvalue weighted by Gasteiger charge is -2.13. The molecule has 1 N–H and O–H groups in total. The Kier molecular flexibility index (Phi) is 3.63. The lowest BCUT2D eigenvalue weighted by Crippen LogP contribution is -2.07. The molecule has 1 aromatic carbocycles. The molecule has 0 fully saturated rings. The normalized spacial score (nSPS) is 13.2. The van der Waals surface area contributed by atoms with Crippen LogP contribution in [0.3, 0.4) is 0 Å². The summed E-state index contributed by atoms with van der Waals surface area (Å²) in [7, 11) is -3.14. The molecule has 5 nitrogen and oxygen atoms in total. The van der Waals surface area contributed by atoms with Gasteiger partial charge in [-0.25, -0.2) is 8.42 Å². The van der Waals surface area contributed by atoms with Gasteiger partial charge < -0.3 is 5.32 Å². The van der Waals surface area contributed by atoms with Crippen LogP contribution in [-0.2, 0) is 9.84 Å². The molecule has 0 aliphatic carbocycles. The summed E-state index contributed by atoms with van der Waals surface area (Å²) < 4.78 is 22.7. The van der Waals surface area contributed by atoms with Crippen molar-refractivity contribution in [2.45, 2.75) is 17.9 Å². The average molecular weight is 283 g/mol. The first-order chi connectivity index (χ1) is 8.47. The van der Waals surface area contributed by atoms with E-state index in [-0.39, 0.29) is 6.04 Å². The smallest absolute Gasteiger partial charge is 0.205 e. The van der Waals surface area contributed by atoms with Gasteiger partial charge in [0.05, 0.1) is 10.9 Å². The molecule has 0 saturated carbocycles. The summed E-state index contributed by atoms with van der Waals surface area (Å²) in [4.78, 5) is 0.328. The average Bonchev–Trinajstić information content (AvgIpc) is 2.81. The molecule has 0 aliphatic heterocycles. The molecule has 1 unspecified atom stereocenters. The van der Waals surface area contributed by atoms with Gasteiger partial charge in [-0.1, -0.05) is 23.5 Å². The highest BCUT2D eigenvalue weighted by Gasteiger charge is 2.10. The van der Waals surface area contributed by atoms with Crippen molar-refractivity contribution in [2.24, 2.45) is 0 Å². The minimum absolute atomic E-state index is 0.0477. The Labute approximate surface area is 110 Å². The number of nitrogens with one attached hydrogen (secondary N) is 1. The Morgan fingerprint density at radius 3 is 2.44 bits per heavy atom. The fraction of sp³-hybridized carbons (Fsp3) is 0.273. The molecule has 7 heteroatoms. The number of benzene rings is 1. The molecule has 0 spiro atoms. The highest BCUT2D eigenvalue weighted by molar-refractivity contribution is 7.90. The summed E-state index contributed by atoms with van der Waals surface area (Å²) in [6.45, 7) is 1.98. The van der Waals surface area contributed by atoms with E-state index in [0.717, 1.165) is 10.7 Å². The maximum atomic E-state index is 11.3. The fourth-order valence-corrected chi connectivity index (χ4v) is 2.67. The number of rotatable bonds is 4. The van der Waals surface area contributed by atoms with Crippen molar-refractivity contribution in [3.05, 3.63) is 35.3 Å². The molecule has 2 rings (SSSR count). The summed E-state index contributed by atoms with van der Waals surface area (Å²) in [5.74, 6) is 0. The van der Waals surface area contributed by atoms with Crippen LogP contribution in [-0.4, -0.2) is 24.9 Å². The Balaban J connectivity index is 2.14. The van der Waals surface area contributed by atoms with E-state index in [1.807, 2.05) is 6.92 Å². The van der Waals surface area contributed by atoms with Gasteiger partial charge in [0, 0.05) is 6.26 Å². The highest BCUT2D eigenvalue weighted by atomic mass is 32.2. The first kappa shape index (κ1) is 13.0. The number of nitrogens with zero attached hydrogens (tertiary/aromatic N) is 2. The van der Waals surface area contributed by atoms with E-state index in [4.69, 9.17) is 0 Å². The molecule has 18 heavy (non-hydrogen) atoms. The predicted molar refractivity (Wildman–Crippen MR) is 71.5 cm³/mol. The van der Waals surface area contributed by atoms with Gasteiger partial charge in [-0.3, -0.25) is 0 Å². The van der Waals surface area contributed by atoms with E-state index < -0.39 is 9.84 Å². The zero-order valence-corrected chi connectivity index (χ0v) is 11.6. The Bertz CT molecular complexity index is 606. The number of sulfone groups is 1. The first-order valence-electron chi connectivity index (χ1n) is 5.29. The highest BCUT2D eigenvalue weighted by Crippen LogP contribution is 2.21. The third-order valence-corrected chi connectivity index (χ3v) is 4.26. The molecule has 0 radical (unpaired) electrons. The molecule has 96 valence electrons. The fourth-order valence-electron chi connectivity index (χ4n) is 1.51. The van der Waals surface area contributed by atoms with Crippen LogP contribution in [0.25, 0.3) is 0 Å². The molecular formula is C11H13N3O2S2. The van der Waals surface area contributed by atoms with E-state index in [1.54, 1.807) is 29.8 Å². The van der Waals surface area contributed by atoms with Crippen molar-refractivity contribution in [3.63, 3.8) is 0 Å². The standard InChI is InChI=1S/C11H13N3O2S2/c1-8(13-11-14-12-7-17-11)9-3-5-10(6-4-9)18(2,15)16/h3-8H,1-2H3,(H,13,14). The van der Waals surface area contributed by atoms with E-state index in [1.165, 1.54) is 17.6 Å². The van der Waals surface area contributed by atoms with Crippen LogP contribution in [0.1, 0.15) is 18.5 Å². The lowest BCUT2D eigenvalue weighted by atomic mass is 10.1. The Hall–Kier alpha value is -1.47. The van der Waals surface area contributed by atoms with Crippen LogP contribution in [0, 0.1) is 0 Å². The summed E-state index contributed by atoms with van der Waals surface area (Å²) >= 11 is 1.42. The topological polar surface area (TPSA) is 72.0 Å². The van der Waals surface area contributed by atoms with E-state index in [2.05, 4.69) is 15.5 Å². The van der Waals surface area contributed by atoms with Gasteiger partial charge in [0.15, 0.2) is 9.84 Å². The van der Waals surface area contributed by atoms with Crippen molar-refractivity contribution in [3.8, 4) is 0 Å². The van der Waals surface area contributed by atoms with Gasteiger partial charge >= 0.3 is 0 Å². The summed E-state index contributed by atoms with van der Waals surface area (Å²) in [5, 5.41) is 11.6. The molecule has 0 bridgehead atoms. The van der Waals surface area contributed by atoms with Crippen LogP contribution < -0.4 is 5.32 Å². The van der Waals surface area contributed by atoms with Crippen molar-refractivity contribution >= 4 is 26.3 Å². The second kappa shape index (κ2) is 5.03. The predicted octanol–water partition coefficient (Wildman–Crippen LogP) is 2.11. The van der Waals surface area contributed by atoms with E-state index in [0.29, 0.717) is 4.90 Å². The second-order valence-electron chi connectivity index (χ2n) is 3.95. The summed E-state index contributed by atoms with van der Waals surface area (Å²) in [6, 6.07) is 6.88. The number of hydrogen-bond donors (Lipinski definition) is 1. The molecule has 1 heterocycles. The van der Waals surface area contributed by atoms with Gasteiger partial charge in [-0.15, -0.1) is 10.2 Å². The maximum absolute atomic E-state index is 11.3.